The van der Waals surface area contributed by atoms with E-state index in [0.29, 0.717) is 11.5 Å². The molecule has 1 aromatic carbocycles. The zero-order valence-corrected chi connectivity index (χ0v) is 14.1. The molecule has 112 valence electrons. The van der Waals surface area contributed by atoms with E-state index in [1.165, 1.54) is 12.0 Å². The number of aryl methyl sites for hydroxylation is 2. The Morgan fingerprint density at radius 3 is 2.65 bits per heavy atom. The lowest BCUT2D eigenvalue weighted by Crippen LogP contribution is -2.47. The first-order chi connectivity index (χ1) is 9.34. The maximum atomic E-state index is 13.1. The number of hydrogen-bond donors (Lipinski definition) is 1. The van der Waals surface area contributed by atoms with Crippen molar-refractivity contribution >= 4 is 10.8 Å². The van der Waals surface area contributed by atoms with Crippen LogP contribution in [0, 0.1) is 19.3 Å². The van der Waals surface area contributed by atoms with Gasteiger partial charge >= 0.3 is 0 Å². The van der Waals surface area contributed by atoms with E-state index in [4.69, 9.17) is 0 Å². The second kappa shape index (κ2) is 5.98. The van der Waals surface area contributed by atoms with Gasteiger partial charge in [0.2, 0.25) is 0 Å². The minimum Gasteiger partial charge on any atom is -0.316 e. The molecule has 0 radical (unpaired) electrons. The van der Waals surface area contributed by atoms with E-state index in [0.717, 1.165) is 23.3 Å². The molecule has 0 amide bonds. The van der Waals surface area contributed by atoms with Gasteiger partial charge in [-0.2, -0.15) is 0 Å². The molecule has 0 aromatic heterocycles. The quantitative estimate of drug-likeness (QED) is 0.923. The highest BCUT2D eigenvalue weighted by molar-refractivity contribution is 7.85. The Labute approximate surface area is 125 Å². The van der Waals surface area contributed by atoms with E-state index in [1.807, 2.05) is 7.05 Å². The van der Waals surface area contributed by atoms with E-state index >= 15 is 0 Å². The maximum absolute atomic E-state index is 13.1. The standard InChI is InChI=1S/C17H27NOS/c1-12-6-7-13(2)15(10-12)20(19)16-11-17(3,4)9-8-14(16)18-5/h6-7,10,14,16,18H,8-9,11H2,1-5H3. The Kier molecular flexibility index (Phi) is 4.70. The third kappa shape index (κ3) is 3.32. The van der Waals surface area contributed by atoms with Crippen LogP contribution in [0.4, 0.5) is 0 Å². The fourth-order valence-corrected chi connectivity index (χ4v) is 5.35. The van der Waals surface area contributed by atoms with Crippen LogP contribution in [0.5, 0.6) is 0 Å². The highest BCUT2D eigenvalue weighted by Gasteiger charge is 2.38. The second-order valence-electron chi connectivity index (χ2n) is 6.91. The van der Waals surface area contributed by atoms with Crippen molar-refractivity contribution in [1.29, 1.82) is 0 Å². The molecule has 0 heterocycles. The average molecular weight is 293 g/mol. The molecule has 1 fully saturated rings. The lowest BCUT2D eigenvalue weighted by Gasteiger charge is -2.40. The Hall–Kier alpha value is -0.670. The number of hydrogen-bond acceptors (Lipinski definition) is 2. The van der Waals surface area contributed by atoms with Crippen LogP contribution in [-0.4, -0.2) is 22.5 Å². The summed E-state index contributed by atoms with van der Waals surface area (Å²) in [5, 5.41) is 3.60. The van der Waals surface area contributed by atoms with Crippen LogP contribution in [0.1, 0.15) is 44.2 Å². The van der Waals surface area contributed by atoms with Crippen molar-refractivity contribution < 1.29 is 4.21 Å². The minimum atomic E-state index is -0.931. The number of rotatable bonds is 3. The van der Waals surface area contributed by atoms with Crippen molar-refractivity contribution in [2.75, 3.05) is 7.05 Å². The third-order valence-electron chi connectivity index (χ3n) is 4.54. The van der Waals surface area contributed by atoms with Gasteiger partial charge in [0.25, 0.3) is 0 Å². The van der Waals surface area contributed by atoms with Gasteiger partial charge in [-0.3, -0.25) is 4.21 Å². The number of benzene rings is 1. The van der Waals surface area contributed by atoms with Crippen LogP contribution in [0.2, 0.25) is 0 Å². The molecule has 0 spiro atoms. The van der Waals surface area contributed by atoms with Gasteiger partial charge < -0.3 is 5.32 Å². The Balaban J connectivity index is 2.31. The minimum absolute atomic E-state index is 0.212. The molecular formula is C17H27NOS. The SMILES string of the molecule is CNC1CCC(C)(C)CC1S(=O)c1cc(C)ccc1C. The molecule has 0 saturated heterocycles. The summed E-state index contributed by atoms with van der Waals surface area (Å²) < 4.78 is 13.1. The molecular weight excluding hydrogens is 266 g/mol. The first kappa shape index (κ1) is 15.7. The van der Waals surface area contributed by atoms with Gasteiger partial charge in [-0.15, -0.1) is 0 Å². The van der Waals surface area contributed by atoms with Crippen molar-refractivity contribution in [3.8, 4) is 0 Å². The van der Waals surface area contributed by atoms with Crippen LogP contribution in [0.15, 0.2) is 23.1 Å². The zero-order chi connectivity index (χ0) is 14.9. The van der Waals surface area contributed by atoms with Crippen LogP contribution in [0.3, 0.4) is 0 Å². The van der Waals surface area contributed by atoms with Crippen molar-refractivity contribution in [2.24, 2.45) is 5.41 Å². The van der Waals surface area contributed by atoms with Crippen molar-refractivity contribution in [3.63, 3.8) is 0 Å². The molecule has 0 aliphatic heterocycles. The van der Waals surface area contributed by atoms with Gasteiger partial charge in [0.1, 0.15) is 0 Å². The molecule has 1 aliphatic carbocycles. The molecule has 2 nitrogen and oxygen atoms in total. The Morgan fingerprint density at radius 1 is 1.30 bits per heavy atom. The summed E-state index contributed by atoms with van der Waals surface area (Å²) in [6, 6.07) is 6.64. The van der Waals surface area contributed by atoms with E-state index in [2.05, 4.69) is 51.2 Å². The normalized spacial score (nSPS) is 27.2. The lowest BCUT2D eigenvalue weighted by atomic mass is 9.75. The maximum Gasteiger partial charge on any atom is 0.0579 e. The largest absolute Gasteiger partial charge is 0.316 e. The van der Waals surface area contributed by atoms with Crippen molar-refractivity contribution in [2.45, 2.75) is 63.1 Å². The summed E-state index contributed by atoms with van der Waals surface area (Å²) in [7, 11) is 1.07. The van der Waals surface area contributed by atoms with Gasteiger partial charge in [-0.05, 0) is 62.8 Å². The first-order valence-electron chi connectivity index (χ1n) is 7.49. The fourth-order valence-electron chi connectivity index (χ4n) is 3.16. The van der Waals surface area contributed by atoms with Crippen molar-refractivity contribution in [3.05, 3.63) is 29.3 Å². The van der Waals surface area contributed by atoms with E-state index in [-0.39, 0.29) is 5.25 Å². The Bertz CT molecular complexity index is 510. The van der Waals surface area contributed by atoms with Gasteiger partial charge in [0, 0.05) is 10.9 Å². The summed E-state index contributed by atoms with van der Waals surface area (Å²) in [5.41, 5.74) is 2.63. The van der Waals surface area contributed by atoms with Gasteiger partial charge in [-0.1, -0.05) is 26.0 Å². The van der Waals surface area contributed by atoms with Gasteiger partial charge in [-0.25, -0.2) is 0 Å². The summed E-state index contributed by atoms with van der Waals surface area (Å²) >= 11 is 0. The highest BCUT2D eigenvalue weighted by atomic mass is 32.2. The molecule has 3 unspecified atom stereocenters. The molecule has 0 bridgehead atoms. The molecule has 20 heavy (non-hydrogen) atoms. The predicted molar refractivity (Wildman–Crippen MR) is 86.6 cm³/mol. The second-order valence-corrected chi connectivity index (χ2v) is 8.55. The van der Waals surface area contributed by atoms with Crippen LogP contribution >= 0.6 is 0 Å². The lowest BCUT2D eigenvalue weighted by molar-refractivity contribution is 0.216. The molecule has 3 atom stereocenters. The van der Waals surface area contributed by atoms with Crippen LogP contribution < -0.4 is 5.32 Å². The molecule has 2 rings (SSSR count). The van der Waals surface area contributed by atoms with Crippen LogP contribution in [-0.2, 0) is 10.8 Å². The Morgan fingerprint density at radius 2 is 2.00 bits per heavy atom. The highest BCUT2D eigenvalue weighted by Crippen LogP contribution is 2.39. The third-order valence-corrected chi connectivity index (χ3v) is 6.46. The average Bonchev–Trinajstić information content (AvgIpc) is 2.40. The molecule has 1 saturated carbocycles. The summed E-state index contributed by atoms with van der Waals surface area (Å²) in [5.74, 6) is 0. The smallest absolute Gasteiger partial charge is 0.0579 e. The van der Waals surface area contributed by atoms with E-state index in [9.17, 15) is 4.21 Å². The summed E-state index contributed by atoms with van der Waals surface area (Å²) in [6.07, 6.45) is 3.35. The molecule has 3 heteroatoms. The van der Waals surface area contributed by atoms with Gasteiger partial charge in [0.15, 0.2) is 0 Å². The summed E-state index contributed by atoms with van der Waals surface area (Å²) in [6.45, 7) is 8.73. The zero-order valence-electron chi connectivity index (χ0n) is 13.3. The van der Waals surface area contributed by atoms with Crippen molar-refractivity contribution in [1.82, 2.24) is 5.32 Å². The fraction of sp³-hybridized carbons (Fsp3) is 0.647. The van der Waals surface area contributed by atoms with Gasteiger partial charge in [0.05, 0.1) is 16.0 Å². The van der Waals surface area contributed by atoms with E-state index in [1.54, 1.807) is 0 Å². The molecule has 1 aliphatic rings. The summed E-state index contributed by atoms with van der Waals surface area (Å²) in [4.78, 5) is 1.02. The number of nitrogens with one attached hydrogen (secondary N) is 1. The first-order valence-corrected chi connectivity index (χ1v) is 8.70. The molecule has 1 N–H and O–H groups in total. The topological polar surface area (TPSA) is 29.1 Å². The monoisotopic (exact) mass is 293 g/mol. The predicted octanol–water partition coefficient (Wildman–Crippen LogP) is 3.58. The van der Waals surface area contributed by atoms with E-state index < -0.39 is 10.8 Å². The van der Waals surface area contributed by atoms with Crippen LogP contribution in [0.25, 0.3) is 0 Å². The molecule has 1 aromatic rings.